The van der Waals surface area contributed by atoms with Gasteiger partial charge in [0.15, 0.2) is 5.78 Å². The number of rotatable bonds is 4. The Balaban J connectivity index is 1.15. The van der Waals surface area contributed by atoms with Crippen LogP contribution in [0.1, 0.15) is 74.3 Å². The van der Waals surface area contributed by atoms with Gasteiger partial charge in [0, 0.05) is 38.9 Å². The quantitative estimate of drug-likeness (QED) is 0.650. The smallest absolute Gasteiger partial charge is 0.261 e. The summed E-state index contributed by atoms with van der Waals surface area (Å²) in [5, 5.41) is 0. The van der Waals surface area contributed by atoms with Gasteiger partial charge in [0.2, 0.25) is 5.91 Å². The minimum Gasteiger partial charge on any atom is -0.486 e. The third-order valence-electron chi connectivity index (χ3n) is 7.38. The van der Waals surface area contributed by atoms with Crippen molar-refractivity contribution in [1.82, 2.24) is 9.80 Å². The zero-order chi connectivity index (χ0) is 24.0. The topological polar surface area (TPSA) is 84.0 Å². The molecule has 0 unspecified atom stereocenters. The van der Waals surface area contributed by atoms with Crippen LogP contribution in [0.4, 0.5) is 0 Å². The van der Waals surface area contributed by atoms with Gasteiger partial charge in [-0.1, -0.05) is 12.1 Å². The van der Waals surface area contributed by atoms with Gasteiger partial charge < -0.3 is 9.64 Å². The standard InChI is InChI=1S/C27H28N2O5/c1-17-14-21-22(30)16-27(34-23(21)15-18(17)2)9-12-28(13-10-27)24(31)8-5-11-29-25(32)19-6-3-4-7-20(19)26(29)33/h3-4,6-7,14-15H,5,8-13,16H2,1-2H3. The number of carbonyl (C=O) groups is 4. The summed E-state index contributed by atoms with van der Waals surface area (Å²) in [6.45, 7) is 5.28. The van der Waals surface area contributed by atoms with Crippen LogP contribution in [0.2, 0.25) is 0 Å². The summed E-state index contributed by atoms with van der Waals surface area (Å²) in [5.41, 5.74) is 3.12. The summed E-state index contributed by atoms with van der Waals surface area (Å²) in [5.74, 6) is 0.168. The molecule has 7 nitrogen and oxygen atoms in total. The molecule has 2 aromatic rings. The largest absolute Gasteiger partial charge is 0.486 e. The molecule has 0 aromatic heterocycles. The first kappa shape index (κ1) is 22.3. The van der Waals surface area contributed by atoms with Gasteiger partial charge in [-0.3, -0.25) is 24.1 Å². The van der Waals surface area contributed by atoms with Gasteiger partial charge >= 0.3 is 0 Å². The Morgan fingerprint density at radius 2 is 1.56 bits per heavy atom. The third-order valence-corrected chi connectivity index (χ3v) is 7.38. The monoisotopic (exact) mass is 460 g/mol. The van der Waals surface area contributed by atoms with E-state index in [2.05, 4.69) is 0 Å². The van der Waals surface area contributed by atoms with Crippen molar-refractivity contribution in [3.8, 4) is 5.75 Å². The normalized spacial score (nSPS) is 18.7. The number of ketones is 1. The van der Waals surface area contributed by atoms with Crippen molar-refractivity contribution in [2.24, 2.45) is 0 Å². The van der Waals surface area contributed by atoms with Gasteiger partial charge in [0.05, 0.1) is 23.1 Å². The van der Waals surface area contributed by atoms with Gasteiger partial charge in [-0.05, 0) is 55.7 Å². The fraction of sp³-hybridized carbons (Fsp3) is 0.407. The summed E-state index contributed by atoms with van der Waals surface area (Å²) in [7, 11) is 0. The molecule has 0 N–H and O–H groups in total. The average molecular weight is 461 g/mol. The highest BCUT2D eigenvalue weighted by molar-refractivity contribution is 6.21. The average Bonchev–Trinajstić information content (AvgIpc) is 3.06. The van der Waals surface area contributed by atoms with Crippen molar-refractivity contribution in [2.45, 2.75) is 51.6 Å². The van der Waals surface area contributed by atoms with Crippen molar-refractivity contribution in [3.05, 3.63) is 64.2 Å². The summed E-state index contributed by atoms with van der Waals surface area (Å²) < 4.78 is 6.36. The molecular formula is C27H28N2O5. The van der Waals surface area contributed by atoms with Gasteiger partial charge in [0.1, 0.15) is 11.4 Å². The van der Waals surface area contributed by atoms with Crippen LogP contribution >= 0.6 is 0 Å². The Hall–Kier alpha value is -3.48. The molecule has 5 rings (SSSR count). The van der Waals surface area contributed by atoms with E-state index in [9.17, 15) is 19.2 Å². The zero-order valence-electron chi connectivity index (χ0n) is 19.6. The minimum atomic E-state index is -0.553. The number of benzene rings is 2. The van der Waals surface area contributed by atoms with E-state index in [4.69, 9.17) is 4.74 Å². The number of amides is 3. The van der Waals surface area contributed by atoms with E-state index in [1.807, 2.05) is 26.0 Å². The van der Waals surface area contributed by atoms with Crippen LogP contribution in [-0.2, 0) is 4.79 Å². The van der Waals surface area contributed by atoms with Crippen molar-refractivity contribution in [2.75, 3.05) is 19.6 Å². The number of piperidine rings is 1. The molecule has 0 aliphatic carbocycles. The van der Waals surface area contributed by atoms with Crippen molar-refractivity contribution in [1.29, 1.82) is 0 Å². The van der Waals surface area contributed by atoms with E-state index in [1.165, 1.54) is 4.90 Å². The van der Waals surface area contributed by atoms with E-state index < -0.39 is 5.60 Å². The van der Waals surface area contributed by atoms with Crippen LogP contribution in [0.25, 0.3) is 0 Å². The molecule has 2 aromatic carbocycles. The Bertz CT molecular complexity index is 1170. The summed E-state index contributed by atoms with van der Waals surface area (Å²) in [4.78, 5) is 53.6. The number of aryl methyl sites for hydroxylation is 2. The first-order valence-electron chi connectivity index (χ1n) is 11.8. The highest BCUT2D eigenvalue weighted by Gasteiger charge is 2.44. The maximum Gasteiger partial charge on any atom is 0.261 e. The molecule has 3 aliphatic heterocycles. The second-order valence-corrected chi connectivity index (χ2v) is 9.61. The van der Waals surface area contributed by atoms with Crippen LogP contribution in [0.3, 0.4) is 0 Å². The minimum absolute atomic E-state index is 0.000430. The van der Waals surface area contributed by atoms with Gasteiger partial charge in [-0.2, -0.15) is 0 Å². The number of hydrogen-bond acceptors (Lipinski definition) is 5. The van der Waals surface area contributed by atoms with Crippen molar-refractivity contribution in [3.63, 3.8) is 0 Å². The van der Waals surface area contributed by atoms with E-state index >= 15 is 0 Å². The number of nitrogens with zero attached hydrogens (tertiary/aromatic N) is 2. The van der Waals surface area contributed by atoms with Crippen molar-refractivity contribution < 1.29 is 23.9 Å². The molecule has 34 heavy (non-hydrogen) atoms. The van der Waals surface area contributed by atoms with Crippen LogP contribution in [-0.4, -0.2) is 58.5 Å². The highest BCUT2D eigenvalue weighted by Crippen LogP contribution is 2.40. The molecule has 0 saturated carbocycles. The maximum atomic E-state index is 12.8. The fourth-order valence-corrected chi connectivity index (χ4v) is 5.18. The van der Waals surface area contributed by atoms with E-state index in [-0.39, 0.29) is 36.5 Å². The predicted octanol–water partition coefficient (Wildman–Crippen LogP) is 3.71. The van der Waals surface area contributed by atoms with Gasteiger partial charge in [0.25, 0.3) is 11.8 Å². The predicted molar refractivity (Wildman–Crippen MR) is 125 cm³/mol. The summed E-state index contributed by atoms with van der Waals surface area (Å²) in [6, 6.07) is 10.6. The molecule has 0 atom stereocenters. The maximum absolute atomic E-state index is 12.8. The second-order valence-electron chi connectivity index (χ2n) is 9.61. The number of likely N-dealkylation sites (tertiary alicyclic amines) is 1. The lowest BCUT2D eigenvalue weighted by atomic mass is 9.82. The Labute approximate surface area is 198 Å². The number of hydrogen-bond donors (Lipinski definition) is 0. The molecule has 0 bridgehead atoms. The Morgan fingerprint density at radius 1 is 0.941 bits per heavy atom. The second kappa shape index (κ2) is 8.38. The van der Waals surface area contributed by atoms with E-state index in [0.717, 1.165) is 11.1 Å². The molecule has 3 heterocycles. The summed E-state index contributed by atoms with van der Waals surface area (Å²) in [6.07, 6.45) is 2.24. The third kappa shape index (κ3) is 3.79. The zero-order valence-corrected chi connectivity index (χ0v) is 19.6. The first-order valence-corrected chi connectivity index (χ1v) is 11.8. The van der Waals surface area contributed by atoms with E-state index in [1.54, 1.807) is 29.2 Å². The van der Waals surface area contributed by atoms with Crippen LogP contribution in [0.15, 0.2) is 36.4 Å². The molecule has 1 saturated heterocycles. The number of carbonyl (C=O) groups excluding carboxylic acids is 4. The Kier molecular flexibility index (Phi) is 5.50. The van der Waals surface area contributed by atoms with Crippen LogP contribution in [0, 0.1) is 13.8 Å². The molecule has 0 radical (unpaired) electrons. The molecule has 1 fully saturated rings. The summed E-state index contributed by atoms with van der Waals surface area (Å²) >= 11 is 0. The number of Topliss-reactive ketones (excluding diaryl/α,β-unsaturated/α-hetero) is 1. The molecule has 176 valence electrons. The molecule has 3 aliphatic rings. The lowest BCUT2D eigenvalue weighted by Gasteiger charge is -2.44. The molecule has 3 amide bonds. The number of imide groups is 1. The van der Waals surface area contributed by atoms with E-state index in [0.29, 0.717) is 61.2 Å². The van der Waals surface area contributed by atoms with Crippen molar-refractivity contribution >= 4 is 23.5 Å². The Morgan fingerprint density at radius 3 is 2.21 bits per heavy atom. The molecule has 1 spiro atoms. The highest BCUT2D eigenvalue weighted by atomic mass is 16.5. The van der Waals surface area contributed by atoms with Gasteiger partial charge in [-0.15, -0.1) is 0 Å². The van der Waals surface area contributed by atoms with Crippen LogP contribution in [0.5, 0.6) is 5.75 Å². The number of fused-ring (bicyclic) bond motifs is 2. The lowest BCUT2D eigenvalue weighted by Crippen LogP contribution is -2.52. The van der Waals surface area contributed by atoms with Crippen LogP contribution < -0.4 is 4.74 Å². The molecule has 7 heteroatoms. The van der Waals surface area contributed by atoms with Gasteiger partial charge in [-0.25, -0.2) is 0 Å². The lowest BCUT2D eigenvalue weighted by molar-refractivity contribution is -0.134. The SMILES string of the molecule is Cc1cc2c(cc1C)C(=O)CC1(CCN(C(=O)CCCN3C(=O)c4ccccc4C3=O)CC1)O2. The fourth-order valence-electron chi connectivity index (χ4n) is 5.18. The number of ether oxygens (including phenoxy) is 1. The first-order chi connectivity index (χ1) is 16.3. The molecular weight excluding hydrogens is 432 g/mol.